The molecule has 45 heavy (non-hydrogen) atoms. The molecule has 1 N–H and O–H groups in total. The summed E-state index contributed by atoms with van der Waals surface area (Å²) in [6.45, 7) is 4.98. The minimum absolute atomic E-state index is 0.0114. The minimum Gasteiger partial charge on any atom is -0.497 e. The van der Waals surface area contributed by atoms with Crippen molar-refractivity contribution in [2.24, 2.45) is 0 Å². The van der Waals surface area contributed by atoms with Gasteiger partial charge in [0.15, 0.2) is 0 Å². The molecule has 10 heteroatoms. The lowest BCUT2D eigenvalue weighted by molar-refractivity contribution is -0.140. The maximum Gasteiger partial charge on any atom is 0.264 e. The Labute approximate surface area is 270 Å². The monoisotopic (exact) mass is 647 g/mol. The van der Waals surface area contributed by atoms with Crippen LogP contribution in [0.1, 0.15) is 30.5 Å². The maximum absolute atomic E-state index is 14.5. The average molecular weight is 648 g/mol. The summed E-state index contributed by atoms with van der Waals surface area (Å²) in [5.74, 6) is -0.390. The van der Waals surface area contributed by atoms with E-state index in [0.717, 1.165) is 15.4 Å². The van der Waals surface area contributed by atoms with Crippen molar-refractivity contribution in [2.75, 3.05) is 18.0 Å². The topological polar surface area (TPSA) is 96.0 Å². The van der Waals surface area contributed by atoms with Crippen LogP contribution in [0.2, 0.25) is 5.02 Å². The number of nitrogens with one attached hydrogen (secondary N) is 1. The van der Waals surface area contributed by atoms with E-state index in [0.29, 0.717) is 16.3 Å². The van der Waals surface area contributed by atoms with Crippen LogP contribution in [0.25, 0.3) is 0 Å². The Balaban J connectivity index is 1.81. The number of carbonyl (C=O) groups is 2. The van der Waals surface area contributed by atoms with Gasteiger partial charge in [0.1, 0.15) is 18.3 Å². The molecule has 0 radical (unpaired) electrons. The number of methoxy groups -OCH3 is 1. The highest BCUT2D eigenvalue weighted by Gasteiger charge is 2.35. The Morgan fingerprint density at radius 2 is 1.49 bits per heavy atom. The number of carbonyl (C=O) groups excluding carboxylic acids is 2. The lowest BCUT2D eigenvalue weighted by atomic mass is 10.0. The number of rotatable bonds is 13. The first-order valence-corrected chi connectivity index (χ1v) is 16.4. The number of amides is 2. The van der Waals surface area contributed by atoms with Gasteiger partial charge in [0.25, 0.3) is 10.0 Å². The predicted molar refractivity (Wildman–Crippen MR) is 178 cm³/mol. The third-order valence-electron chi connectivity index (χ3n) is 7.25. The molecule has 4 rings (SSSR count). The minimum atomic E-state index is -4.21. The fraction of sp³-hybridized carbons (Fsp3) is 0.257. The molecule has 0 spiro atoms. The van der Waals surface area contributed by atoms with Crippen molar-refractivity contribution >= 4 is 39.1 Å². The van der Waals surface area contributed by atoms with Gasteiger partial charge in [-0.1, -0.05) is 77.8 Å². The first kappa shape index (κ1) is 33.6. The van der Waals surface area contributed by atoms with Gasteiger partial charge in [0, 0.05) is 24.0 Å². The number of benzene rings is 4. The summed E-state index contributed by atoms with van der Waals surface area (Å²) in [7, 11) is -2.69. The molecule has 2 amide bonds. The second-order valence-electron chi connectivity index (χ2n) is 11.0. The fourth-order valence-corrected chi connectivity index (χ4v) is 6.47. The van der Waals surface area contributed by atoms with E-state index in [4.69, 9.17) is 16.3 Å². The molecular formula is C35H38ClN3O5S. The molecule has 0 bridgehead atoms. The highest BCUT2D eigenvalue weighted by Crippen LogP contribution is 2.28. The molecular weight excluding hydrogens is 610 g/mol. The molecule has 1 atom stereocenters. The van der Waals surface area contributed by atoms with Gasteiger partial charge in [-0.15, -0.1) is 0 Å². The molecule has 0 saturated carbocycles. The normalized spacial score (nSPS) is 12.0. The summed E-state index contributed by atoms with van der Waals surface area (Å²) >= 11 is 6.54. The van der Waals surface area contributed by atoms with Crippen molar-refractivity contribution < 1.29 is 22.7 Å². The Morgan fingerprint density at radius 1 is 0.867 bits per heavy atom. The average Bonchev–Trinajstić information content (AvgIpc) is 3.02. The molecule has 0 aliphatic heterocycles. The van der Waals surface area contributed by atoms with Crippen LogP contribution in [0.4, 0.5) is 5.69 Å². The zero-order valence-corrected chi connectivity index (χ0v) is 27.4. The summed E-state index contributed by atoms with van der Waals surface area (Å²) < 4.78 is 34.6. The van der Waals surface area contributed by atoms with E-state index < -0.39 is 28.5 Å². The molecule has 0 heterocycles. The van der Waals surface area contributed by atoms with Crippen molar-refractivity contribution in [3.05, 3.63) is 125 Å². The molecule has 0 fully saturated rings. The Morgan fingerprint density at radius 3 is 2.09 bits per heavy atom. The standard InChI is InChI=1S/C35H38ClN3O5S/c1-25(2)37-35(41)33(22-27-10-6-5-7-11-27)38(23-28-12-8-9-13-32(28)36)34(40)24-39(29-16-18-30(44-4)19-17-29)45(42,43)31-20-14-26(3)15-21-31/h5-21,25,33H,22-24H2,1-4H3,(H,37,41)/t33-/m1/s1. The third kappa shape index (κ3) is 8.65. The second kappa shape index (κ2) is 15.1. The Hall–Kier alpha value is -4.34. The van der Waals surface area contributed by atoms with Crippen LogP contribution >= 0.6 is 11.6 Å². The zero-order valence-electron chi connectivity index (χ0n) is 25.8. The van der Waals surface area contributed by atoms with Crippen molar-refractivity contribution in [1.29, 1.82) is 0 Å². The van der Waals surface area contributed by atoms with Crippen LogP contribution in [-0.4, -0.2) is 50.9 Å². The van der Waals surface area contributed by atoms with Crippen molar-refractivity contribution in [2.45, 2.75) is 50.7 Å². The van der Waals surface area contributed by atoms with Gasteiger partial charge in [-0.3, -0.25) is 13.9 Å². The summed E-state index contributed by atoms with van der Waals surface area (Å²) in [5, 5.41) is 3.37. The van der Waals surface area contributed by atoms with Crippen LogP contribution in [0, 0.1) is 6.92 Å². The van der Waals surface area contributed by atoms with Gasteiger partial charge in [-0.25, -0.2) is 8.42 Å². The molecule has 8 nitrogen and oxygen atoms in total. The van der Waals surface area contributed by atoms with Gasteiger partial charge in [-0.05, 0) is 74.4 Å². The van der Waals surface area contributed by atoms with Crippen LogP contribution in [0.15, 0.2) is 108 Å². The van der Waals surface area contributed by atoms with Gasteiger partial charge in [-0.2, -0.15) is 0 Å². The van der Waals surface area contributed by atoms with Gasteiger partial charge < -0.3 is 15.0 Å². The number of hydrogen-bond donors (Lipinski definition) is 1. The van der Waals surface area contributed by atoms with E-state index in [1.165, 1.54) is 24.1 Å². The molecule has 0 aromatic heterocycles. The first-order valence-electron chi connectivity index (χ1n) is 14.6. The van der Waals surface area contributed by atoms with Crippen LogP contribution in [0.5, 0.6) is 5.75 Å². The van der Waals surface area contributed by atoms with Crippen molar-refractivity contribution in [3.63, 3.8) is 0 Å². The highest BCUT2D eigenvalue weighted by molar-refractivity contribution is 7.92. The summed E-state index contributed by atoms with van der Waals surface area (Å²) in [4.78, 5) is 29.7. The smallest absolute Gasteiger partial charge is 0.264 e. The van der Waals surface area contributed by atoms with E-state index in [9.17, 15) is 18.0 Å². The van der Waals surface area contributed by atoms with Crippen LogP contribution in [0.3, 0.4) is 0 Å². The van der Waals surface area contributed by atoms with Gasteiger partial charge in [0.2, 0.25) is 11.8 Å². The SMILES string of the molecule is COc1ccc(N(CC(=O)N(Cc2ccccc2Cl)[C@H](Cc2ccccc2)C(=O)NC(C)C)S(=O)(=O)c2ccc(C)cc2)cc1. The highest BCUT2D eigenvalue weighted by atomic mass is 35.5. The second-order valence-corrected chi connectivity index (χ2v) is 13.3. The number of halogens is 1. The maximum atomic E-state index is 14.5. The zero-order chi connectivity index (χ0) is 32.6. The number of hydrogen-bond acceptors (Lipinski definition) is 5. The molecule has 0 aliphatic rings. The van der Waals surface area contributed by atoms with E-state index in [-0.39, 0.29) is 35.5 Å². The molecule has 4 aromatic carbocycles. The molecule has 4 aromatic rings. The van der Waals surface area contributed by atoms with Crippen molar-refractivity contribution in [1.82, 2.24) is 10.2 Å². The third-order valence-corrected chi connectivity index (χ3v) is 9.41. The van der Waals surface area contributed by atoms with E-state index in [1.807, 2.05) is 51.1 Å². The molecule has 236 valence electrons. The predicted octanol–water partition coefficient (Wildman–Crippen LogP) is 6.02. The summed E-state index contributed by atoms with van der Waals surface area (Å²) in [5.41, 5.74) is 2.64. The van der Waals surface area contributed by atoms with Gasteiger partial charge >= 0.3 is 0 Å². The van der Waals surface area contributed by atoms with Gasteiger partial charge in [0.05, 0.1) is 17.7 Å². The van der Waals surface area contributed by atoms with E-state index in [2.05, 4.69) is 5.32 Å². The molecule has 0 unspecified atom stereocenters. The number of anilines is 1. The summed E-state index contributed by atoms with van der Waals surface area (Å²) in [6.07, 6.45) is 0.211. The van der Waals surface area contributed by atoms with Crippen LogP contribution < -0.4 is 14.4 Å². The van der Waals surface area contributed by atoms with E-state index >= 15 is 0 Å². The van der Waals surface area contributed by atoms with E-state index in [1.54, 1.807) is 60.7 Å². The quantitative estimate of drug-likeness (QED) is 0.192. The van der Waals surface area contributed by atoms with Crippen molar-refractivity contribution in [3.8, 4) is 5.75 Å². The first-order chi connectivity index (χ1) is 21.5. The number of nitrogens with zero attached hydrogens (tertiary/aromatic N) is 2. The lowest BCUT2D eigenvalue weighted by Crippen LogP contribution is -2.54. The lowest BCUT2D eigenvalue weighted by Gasteiger charge is -2.34. The molecule has 0 aliphatic carbocycles. The Bertz CT molecular complexity index is 1700. The largest absolute Gasteiger partial charge is 0.497 e. The number of aryl methyl sites for hydroxylation is 1. The number of ether oxygens (including phenoxy) is 1. The fourth-order valence-electron chi connectivity index (χ4n) is 4.86. The number of sulfonamides is 1. The summed E-state index contributed by atoms with van der Waals surface area (Å²) in [6, 6.07) is 28.2. The van der Waals surface area contributed by atoms with Crippen LogP contribution in [-0.2, 0) is 32.6 Å². The Kier molecular flexibility index (Phi) is 11.3. The molecule has 0 saturated heterocycles.